The average Bonchev–Trinajstić information content (AvgIpc) is 2.68. The summed E-state index contributed by atoms with van der Waals surface area (Å²) >= 11 is 0. The van der Waals surface area contributed by atoms with Gasteiger partial charge in [0.2, 0.25) is 15.9 Å². The average molecular weight is 422 g/mol. The van der Waals surface area contributed by atoms with Crippen molar-refractivity contribution in [2.45, 2.75) is 57.0 Å². The highest BCUT2D eigenvalue weighted by Crippen LogP contribution is 2.23. The van der Waals surface area contributed by atoms with E-state index in [1.165, 1.54) is 23.4 Å². The maximum atomic E-state index is 12.9. The quantitative estimate of drug-likeness (QED) is 0.680. The zero-order chi connectivity index (χ0) is 21.2. The SMILES string of the molecule is CC(=O)c1ccc(S(=O)(=O)N2CCN(CC(=O)N3[C@H](C)CCC[C@H]3C)CC2)cc1. The zero-order valence-electron chi connectivity index (χ0n) is 17.5. The molecule has 1 amide bonds. The van der Waals surface area contributed by atoms with E-state index < -0.39 is 10.0 Å². The van der Waals surface area contributed by atoms with Gasteiger partial charge in [-0.3, -0.25) is 14.5 Å². The number of amides is 1. The Balaban J connectivity index is 1.58. The smallest absolute Gasteiger partial charge is 0.243 e. The fraction of sp³-hybridized carbons (Fsp3) is 0.619. The van der Waals surface area contributed by atoms with Gasteiger partial charge in [-0.25, -0.2) is 8.42 Å². The van der Waals surface area contributed by atoms with E-state index in [-0.39, 0.29) is 28.7 Å². The predicted molar refractivity (Wildman–Crippen MR) is 111 cm³/mol. The van der Waals surface area contributed by atoms with Gasteiger partial charge in [-0.1, -0.05) is 12.1 Å². The summed E-state index contributed by atoms with van der Waals surface area (Å²) in [5.74, 6) is 0.0467. The minimum Gasteiger partial charge on any atom is -0.336 e. The van der Waals surface area contributed by atoms with Gasteiger partial charge in [0.25, 0.3) is 0 Å². The van der Waals surface area contributed by atoms with E-state index in [0.29, 0.717) is 38.3 Å². The van der Waals surface area contributed by atoms with E-state index in [0.717, 1.165) is 19.3 Å². The number of ketones is 1. The topological polar surface area (TPSA) is 78.0 Å². The third kappa shape index (κ3) is 4.87. The van der Waals surface area contributed by atoms with Gasteiger partial charge in [-0.2, -0.15) is 4.31 Å². The van der Waals surface area contributed by atoms with Crippen LogP contribution in [0.2, 0.25) is 0 Å². The lowest BCUT2D eigenvalue weighted by Gasteiger charge is -2.41. The molecule has 160 valence electrons. The number of piperazine rings is 1. The summed E-state index contributed by atoms with van der Waals surface area (Å²) < 4.78 is 27.2. The van der Waals surface area contributed by atoms with Gasteiger partial charge < -0.3 is 4.90 Å². The van der Waals surface area contributed by atoms with E-state index in [1.54, 1.807) is 12.1 Å². The number of hydrogen-bond acceptors (Lipinski definition) is 5. The Hall–Kier alpha value is -1.77. The van der Waals surface area contributed by atoms with Crippen LogP contribution in [0.1, 0.15) is 50.4 Å². The van der Waals surface area contributed by atoms with Crippen molar-refractivity contribution in [3.8, 4) is 0 Å². The molecule has 2 aliphatic heterocycles. The molecule has 29 heavy (non-hydrogen) atoms. The summed E-state index contributed by atoms with van der Waals surface area (Å²) in [4.78, 5) is 28.4. The van der Waals surface area contributed by atoms with E-state index >= 15 is 0 Å². The highest BCUT2D eigenvalue weighted by Gasteiger charge is 2.32. The molecular formula is C21H31N3O4S. The van der Waals surface area contributed by atoms with Crippen LogP contribution in [-0.2, 0) is 14.8 Å². The molecule has 2 aliphatic rings. The number of likely N-dealkylation sites (tertiary alicyclic amines) is 1. The normalized spacial score (nSPS) is 24.4. The second-order valence-electron chi connectivity index (χ2n) is 8.19. The van der Waals surface area contributed by atoms with Crippen LogP contribution < -0.4 is 0 Å². The molecule has 2 fully saturated rings. The second kappa shape index (κ2) is 8.93. The number of piperidine rings is 1. The maximum absolute atomic E-state index is 12.9. The number of rotatable bonds is 5. The third-order valence-corrected chi connectivity index (χ3v) is 7.98. The summed E-state index contributed by atoms with van der Waals surface area (Å²) in [6.45, 7) is 7.79. The first kappa shape index (κ1) is 21.9. The van der Waals surface area contributed by atoms with Gasteiger partial charge in [0.15, 0.2) is 5.78 Å². The Morgan fingerprint density at radius 3 is 2.03 bits per heavy atom. The first-order chi connectivity index (χ1) is 13.7. The van der Waals surface area contributed by atoms with Crippen molar-refractivity contribution >= 4 is 21.7 Å². The molecule has 2 saturated heterocycles. The van der Waals surface area contributed by atoms with Gasteiger partial charge in [0, 0.05) is 43.8 Å². The monoisotopic (exact) mass is 421 g/mol. The lowest BCUT2D eigenvalue weighted by molar-refractivity contribution is -0.138. The second-order valence-corrected chi connectivity index (χ2v) is 10.1. The molecule has 0 N–H and O–H groups in total. The lowest BCUT2D eigenvalue weighted by atomic mass is 9.97. The first-order valence-corrected chi connectivity index (χ1v) is 11.8. The number of benzene rings is 1. The van der Waals surface area contributed by atoms with Crippen molar-refractivity contribution < 1.29 is 18.0 Å². The molecular weight excluding hydrogens is 390 g/mol. The van der Waals surface area contributed by atoms with Crippen LogP contribution in [0.15, 0.2) is 29.2 Å². The largest absolute Gasteiger partial charge is 0.336 e. The zero-order valence-corrected chi connectivity index (χ0v) is 18.3. The van der Waals surface area contributed by atoms with Crippen LogP contribution in [-0.4, -0.2) is 79.0 Å². The van der Waals surface area contributed by atoms with Crippen molar-refractivity contribution in [3.05, 3.63) is 29.8 Å². The van der Waals surface area contributed by atoms with Gasteiger partial charge in [0.1, 0.15) is 0 Å². The molecule has 0 saturated carbocycles. The molecule has 3 rings (SSSR count). The van der Waals surface area contributed by atoms with Crippen molar-refractivity contribution in [3.63, 3.8) is 0 Å². The standard InChI is InChI=1S/C21H31N3O4S/c1-16-5-4-6-17(2)24(16)21(26)15-22-11-13-23(14-12-22)29(27,28)20-9-7-19(8-10-20)18(3)25/h7-10,16-17H,4-6,11-15H2,1-3H3/t16-,17-/m1/s1. The molecule has 2 atom stereocenters. The summed E-state index contributed by atoms with van der Waals surface area (Å²) in [7, 11) is -3.59. The number of sulfonamides is 1. The van der Waals surface area contributed by atoms with Gasteiger partial charge in [0.05, 0.1) is 11.4 Å². The Morgan fingerprint density at radius 1 is 0.966 bits per heavy atom. The molecule has 8 heteroatoms. The minimum absolute atomic E-state index is 0.0930. The van der Waals surface area contributed by atoms with Crippen LogP contribution in [0.5, 0.6) is 0 Å². The van der Waals surface area contributed by atoms with Crippen molar-refractivity contribution in [2.24, 2.45) is 0 Å². The summed E-state index contributed by atoms with van der Waals surface area (Å²) in [6, 6.07) is 6.61. The van der Waals surface area contributed by atoms with Crippen LogP contribution in [0, 0.1) is 0 Å². The molecule has 2 heterocycles. The molecule has 0 aromatic heterocycles. The molecule has 0 aliphatic carbocycles. The Bertz CT molecular complexity index is 835. The number of carbonyl (C=O) groups excluding carboxylic acids is 2. The van der Waals surface area contributed by atoms with Crippen LogP contribution in [0.4, 0.5) is 0 Å². The minimum atomic E-state index is -3.59. The summed E-state index contributed by atoms with van der Waals surface area (Å²) in [5.41, 5.74) is 0.494. The molecule has 0 spiro atoms. The highest BCUT2D eigenvalue weighted by molar-refractivity contribution is 7.89. The highest BCUT2D eigenvalue weighted by atomic mass is 32.2. The van der Waals surface area contributed by atoms with Crippen molar-refractivity contribution in [2.75, 3.05) is 32.7 Å². The van der Waals surface area contributed by atoms with Gasteiger partial charge in [-0.15, -0.1) is 0 Å². The number of Topliss-reactive ketones (excluding diaryl/α,β-unsaturated/α-hetero) is 1. The first-order valence-electron chi connectivity index (χ1n) is 10.3. The van der Waals surface area contributed by atoms with Crippen molar-refractivity contribution in [1.82, 2.24) is 14.1 Å². The summed E-state index contributed by atoms with van der Waals surface area (Å²) in [5, 5.41) is 0. The molecule has 0 unspecified atom stereocenters. The molecule has 0 radical (unpaired) electrons. The maximum Gasteiger partial charge on any atom is 0.243 e. The third-order valence-electron chi connectivity index (χ3n) is 6.07. The number of nitrogens with zero attached hydrogens (tertiary/aromatic N) is 3. The van der Waals surface area contributed by atoms with Crippen LogP contribution in [0.3, 0.4) is 0 Å². The lowest BCUT2D eigenvalue weighted by Crippen LogP contribution is -2.54. The van der Waals surface area contributed by atoms with Crippen LogP contribution in [0.25, 0.3) is 0 Å². The van der Waals surface area contributed by atoms with Crippen LogP contribution >= 0.6 is 0 Å². The fourth-order valence-corrected chi connectivity index (χ4v) is 5.75. The molecule has 1 aromatic rings. The van der Waals surface area contributed by atoms with Gasteiger partial charge in [-0.05, 0) is 52.2 Å². The Morgan fingerprint density at radius 2 is 1.52 bits per heavy atom. The summed E-state index contributed by atoms with van der Waals surface area (Å²) in [6.07, 6.45) is 3.26. The fourth-order valence-electron chi connectivity index (χ4n) is 4.32. The molecule has 0 bridgehead atoms. The van der Waals surface area contributed by atoms with E-state index in [4.69, 9.17) is 0 Å². The number of hydrogen-bond donors (Lipinski definition) is 0. The molecule has 1 aromatic carbocycles. The van der Waals surface area contributed by atoms with E-state index in [1.807, 2.05) is 9.80 Å². The van der Waals surface area contributed by atoms with Gasteiger partial charge >= 0.3 is 0 Å². The predicted octanol–water partition coefficient (Wildman–Crippen LogP) is 1.98. The molecule has 7 nitrogen and oxygen atoms in total. The Labute approximate surface area is 173 Å². The van der Waals surface area contributed by atoms with E-state index in [9.17, 15) is 18.0 Å². The number of carbonyl (C=O) groups is 2. The van der Waals surface area contributed by atoms with Crippen molar-refractivity contribution in [1.29, 1.82) is 0 Å². The van der Waals surface area contributed by atoms with E-state index in [2.05, 4.69) is 13.8 Å². The Kier molecular flexibility index (Phi) is 6.76.